The summed E-state index contributed by atoms with van der Waals surface area (Å²) in [6.07, 6.45) is 2.90. The number of aliphatic hydroxyl groups excluding tert-OH is 1. The van der Waals surface area contributed by atoms with Gasteiger partial charge in [0.2, 0.25) is 15.9 Å². The Morgan fingerprint density at radius 1 is 1.05 bits per heavy atom. The molecule has 3 fully saturated rings. The summed E-state index contributed by atoms with van der Waals surface area (Å²) in [7, 11) is -4.11. The molecular weight excluding hydrogens is 534 g/mol. The van der Waals surface area contributed by atoms with Crippen LogP contribution in [0.1, 0.15) is 31.4 Å². The van der Waals surface area contributed by atoms with Gasteiger partial charge in [-0.3, -0.25) is 14.7 Å². The molecule has 2 aromatic rings. The highest BCUT2D eigenvalue weighted by atomic mass is 32.2. The van der Waals surface area contributed by atoms with E-state index in [-0.39, 0.29) is 36.1 Å². The van der Waals surface area contributed by atoms with Crippen LogP contribution in [0.25, 0.3) is 0 Å². The van der Waals surface area contributed by atoms with Gasteiger partial charge in [-0.2, -0.15) is 4.31 Å². The van der Waals surface area contributed by atoms with Crippen LogP contribution in [0, 0.1) is 0 Å². The molecule has 0 bridgehead atoms. The fraction of sp³-hybridized carbons (Fsp3) is 0.571. The van der Waals surface area contributed by atoms with Crippen molar-refractivity contribution in [2.75, 3.05) is 57.4 Å². The van der Waals surface area contributed by atoms with Gasteiger partial charge in [-0.15, -0.1) is 0 Å². The molecule has 2 atom stereocenters. The second-order valence-corrected chi connectivity index (χ2v) is 13.0. The number of morpholine rings is 1. The maximum absolute atomic E-state index is 13.9. The Balaban J connectivity index is 1.28. The molecular formula is C28H37N5O6S. The van der Waals surface area contributed by atoms with Gasteiger partial charge in [-0.05, 0) is 37.1 Å². The van der Waals surface area contributed by atoms with Crippen LogP contribution in [0.5, 0.6) is 5.75 Å². The number of ether oxygens (including phenoxy) is 2. The molecule has 216 valence electrons. The Hall–Kier alpha value is -2.77. The first-order valence-corrected chi connectivity index (χ1v) is 15.5. The van der Waals surface area contributed by atoms with Crippen molar-refractivity contribution in [2.45, 2.75) is 54.8 Å². The Morgan fingerprint density at radius 2 is 1.85 bits per heavy atom. The molecule has 0 aliphatic carbocycles. The maximum atomic E-state index is 13.9. The van der Waals surface area contributed by atoms with E-state index >= 15 is 0 Å². The highest BCUT2D eigenvalue weighted by molar-refractivity contribution is 7.89. The molecule has 1 spiro atoms. The van der Waals surface area contributed by atoms with E-state index in [9.17, 15) is 18.3 Å². The summed E-state index contributed by atoms with van der Waals surface area (Å²) in [5, 5.41) is 13.7. The van der Waals surface area contributed by atoms with E-state index in [1.165, 1.54) is 0 Å². The summed E-state index contributed by atoms with van der Waals surface area (Å²) >= 11 is 0. The normalized spacial score (nSPS) is 27.2. The lowest BCUT2D eigenvalue weighted by Gasteiger charge is -2.43. The second kappa shape index (κ2) is 11.2. The number of likely N-dealkylation sites (tertiary alicyclic amines) is 1. The predicted octanol–water partition coefficient (Wildman–Crippen LogP) is 0.976. The molecule has 1 aromatic carbocycles. The number of nitrogens with one attached hydrogen (secondary N) is 1. The van der Waals surface area contributed by atoms with E-state index in [2.05, 4.69) is 20.1 Å². The molecule has 1 amide bonds. The largest absolute Gasteiger partial charge is 0.492 e. The van der Waals surface area contributed by atoms with Crippen LogP contribution in [0.3, 0.4) is 0 Å². The number of benzene rings is 1. The Kier molecular flexibility index (Phi) is 7.71. The van der Waals surface area contributed by atoms with Crippen molar-refractivity contribution in [3.05, 3.63) is 48.3 Å². The molecule has 5 heterocycles. The first-order chi connectivity index (χ1) is 19.3. The van der Waals surface area contributed by atoms with E-state index in [0.29, 0.717) is 45.6 Å². The number of amides is 1. The first-order valence-electron chi connectivity index (χ1n) is 14.1. The number of nitrogens with zero attached hydrogens (tertiary/aromatic N) is 4. The summed E-state index contributed by atoms with van der Waals surface area (Å²) in [6.45, 7) is 5.05. The number of carbonyl (C=O) groups is 1. The van der Waals surface area contributed by atoms with Gasteiger partial charge in [0.05, 0.1) is 31.6 Å². The van der Waals surface area contributed by atoms with Crippen molar-refractivity contribution >= 4 is 21.6 Å². The van der Waals surface area contributed by atoms with Crippen LogP contribution in [-0.4, -0.2) is 104 Å². The quantitative estimate of drug-likeness (QED) is 0.555. The van der Waals surface area contributed by atoms with Crippen molar-refractivity contribution in [3.8, 4) is 5.75 Å². The smallest absolute Gasteiger partial charge is 0.247 e. The summed E-state index contributed by atoms with van der Waals surface area (Å²) in [6, 6.07) is 10.1. The second-order valence-electron chi connectivity index (χ2n) is 11.2. The SMILES string of the molecule is O=C1NC2(CCOc3cc(N4CCOCC4)ccc3S(=O)(=O)N3C[C@H](O)C[C@@H]13)CCN(Cc1ccccn1)CC2. The molecule has 2 N–H and O–H groups in total. The maximum Gasteiger partial charge on any atom is 0.247 e. The minimum atomic E-state index is -4.11. The van der Waals surface area contributed by atoms with Gasteiger partial charge in [-0.25, -0.2) is 8.42 Å². The monoisotopic (exact) mass is 571 g/mol. The van der Waals surface area contributed by atoms with E-state index in [1.54, 1.807) is 24.4 Å². The van der Waals surface area contributed by atoms with E-state index in [4.69, 9.17) is 9.47 Å². The lowest BCUT2D eigenvalue weighted by atomic mass is 9.84. The zero-order chi connectivity index (χ0) is 27.7. The number of aliphatic hydroxyl groups is 1. The first kappa shape index (κ1) is 27.4. The van der Waals surface area contributed by atoms with E-state index < -0.39 is 27.7 Å². The standard InChI is InChI=1S/C28H37N5O6S/c34-23-18-24-27(35)30-28(6-10-31(11-7-28)19-21-3-1-2-9-29-21)8-14-39-25-17-22(32-12-15-38-16-13-32)4-5-26(25)40(36,37)33(24)20-23/h1-5,9,17,23-24,34H,6-8,10-16,18-20H2,(H,30,35)/t23-,24+/m1/s1. The number of hydrogen-bond acceptors (Lipinski definition) is 9. The zero-order valence-corrected chi connectivity index (χ0v) is 23.4. The molecule has 3 saturated heterocycles. The van der Waals surface area contributed by atoms with Crippen molar-refractivity contribution in [1.29, 1.82) is 0 Å². The van der Waals surface area contributed by atoms with Gasteiger partial charge in [0.1, 0.15) is 16.7 Å². The molecule has 0 radical (unpaired) electrons. The lowest BCUT2D eigenvalue weighted by Crippen LogP contribution is -2.59. The lowest BCUT2D eigenvalue weighted by molar-refractivity contribution is -0.127. The molecule has 4 aliphatic heterocycles. The number of fused-ring (bicyclic) bond motifs is 2. The Morgan fingerprint density at radius 3 is 2.60 bits per heavy atom. The number of carbonyl (C=O) groups excluding carboxylic acids is 1. The van der Waals surface area contributed by atoms with Crippen LogP contribution in [-0.2, 0) is 26.1 Å². The summed E-state index contributed by atoms with van der Waals surface area (Å²) < 4.78 is 40.7. The van der Waals surface area contributed by atoms with Gasteiger partial charge < -0.3 is 24.8 Å². The number of sulfonamides is 1. The van der Waals surface area contributed by atoms with E-state index in [1.807, 2.05) is 18.2 Å². The minimum absolute atomic E-state index is 0.0255. The third-order valence-electron chi connectivity index (χ3n) is 8.58. The fourth-order valence-corrected chi connectivity index (χ4v) is 8.00. The molecule has 11 nitrogen and oxygen atoms in total. The van der Waals surface area contributed by atoms with Crippen LogP contribution in [0.2, 0.25) is 0 Å². The number of pyridine rings is 1. The molecule has 40 heavy (non-hydrogen) atoms. The third kappa shape index (κ3) is 5.55. The number of hydrogen-bond donors (Lipinski definition) is 2. The van der Waals surface area contributed by atoms with Gasteiger partial charge in [0, 0.05) is 75.6 Å². The van der Waals surface area contributed by atoms with Crippen molar-refractivity contribution in [3.63, 3.8) is 0 Å². The van der Waals surface area contributed by atoms with Crippen LogP contribution < -0.4 is 15.0 Å². The van der Waals surface area contributed by atoms with Crippen LogP contribution >= 0.6 is 0 Å². The summed E-state index contributed by atoms with van der Waals surface area (Å²) in [5.74, 6) is -0.0760. The van der Waals surface area contributed by atoms with Gasteiger partial charge in [0.15, 0.2) is 0 Å². The molecule has 0 saturated carbocycles. The van der Waals surface area contributed by atoms with Crippen LogP contribution in [0.4, 0.5) is 5.69 Å². The molecule has 0 unspecified atom stereocenters. The highest BCUT2D eigenvalue weighted by Gasteiger charge is 2.47. The number of rotatable bonds is 3. The van der Waals surface area contributed by atoms with Gasteiger partial charge in [-0.1, -0.05) is 6.07 Å². The highest BCUT2D eigenvalue weighted by Crippen LogP contribution is 2.37. The average Bonchev–Trinajstić information content (AvgIpc) is 3.37. The molecule has 4 aliphatic rings. The number of anilines is 1. The van der Waals surface area contributed by atoms with Crippen molar-refractivity contribution in [2.24, 2.45) is 0 Å². The summed E-state index contributed by atoms with van der Waals surface area (Å²) in [5.41, 5.74) is 1.34. The summed E-state index contributed by atoms with van der Waals surface area (Å²) in [4.78, 5) is 22.6. The van der Waals surface area contributed by atoms with Gasteiger partial charge >= 0.3 is 0 Å². The van der Waals surface area contributed by atoms with E-state index in [0.717, 1.165) is 35.3 Å². The fourth-order valence-electron chi connectivity index (χ4n) is 6.25. The van der Waals surface area contributed by atoms with Gasteiger partial charge in [0.25, 0.3) is 0 Å². The number of aromatic nitrogens is 1. The Labute approximate surface area is 235 Å². The third-order valence-corrected chi connectivity index (χ3v) is 10.5. The Bertz CT molecular complexity index is 1310. The topological polar surface area (TPSA) is 125 Å². The molecule has 6 rings (SSSR count). The van der Waals surface area contributed by atoms with Crippen molar-refractivity contribution in [1.82, 2.24) is 19.5 Å². The van der Waals surface area contributed by atoms with Crippen molar-refractivity contribution < 1.29 is 27.8 Å². The number of piperidine rings is 1. The zero-order valence-electron chi connectivity index (χ0n) is 22.6. The minimum Gasteiger partial charge on any atom is -0.492 e. The average molecular weight is 572 g/mol. The molecule has 12 heteroatoms. The predicted molar refractivity (Wildman–Crippen MR) is 148 cm³/mol. The molecule has 1 aromatic heterocycles. The van der Waals surface area contributed by atoms with Crippen LogP contribution in [0.15, 0.2) is 47.5 Å².